The number of anilines is 1. The summed E-state index contributed by atoms with van der Waals surface area (Å²) in [5, 5.41) is 9.53. The number of likely N-dealkylation sites (N-methyl/N-ethyl adjacent to an activating group) is 1. The molecule has 48 heavy (non-hydrogen) atoms. The average Bonchev–Trinajstić information content (AvgIpc) is 3.04. The van der Waals surface area contributed by atoms with Crippen LogP contribution in [0.3, 0.4) is 0 Å². The molecular formula is C31H29N8Na2O6P. The fraction of sp³-hybridized carbons (Fsp3) is 0.290. The Morgan fingerprint density at radius 2 is 1.65 bits per heavy atom. The SMILES string of the molecule is CN1CCN(c2ccc(-c3ccc4ncc5c(=O)n(COP(=O)([O-])[O-])c(=O)n(-c6ccc(C(C)(C)C#N)cc6)c5c4n3)cn2)CC1.[Na+].[Na+]. The first kappa shape index (κ1) is 38.0. The quantitative estimate of drug-likeness (QED) is 0.0910. The molecule has 236 valence electrons. The number of phosphoric ester groups is 1. The van der Waals surface area contributed by atoms with Gasteiger partial charge in [-0.05, 0) is 62.9 Å². The normalized spacial score (nSPS) is 14.0. The topological polar surface area (TPSA) is 185 Å². The Labute approximate surface area is 319 Å². The molecule has 0 spiro atoms. The molecule has 1 saturated heterocycles. The number of phosphoric acid groups is 1. The third-order valence-corrected chi connectivity index (χ3v) is 8.58. The molecule has 4 aromatic heterocycles. The molecule has 0 unspecified atom stereocenters. The Bertz CT molecular complexity index is 2170. The van der Waals surface area contributed by atoms with Crippen molar-refractivity contribution in [3.63, 3.8) is 0 Å². The minimum atomic E-state index is -5.52. The number of pyridine rings is 3. The molecule has 1 aliphatic heterocycles. The zero-order chi connectivity index (χ0) is 32.8. The first-order valence-corrected chi connectivity index (χ1v) is 15.9. The number of nitriles is 1. The van der Waals surface area contributed by atoms with Gasteiger partial charge in [0, 0.05) is 44.1 Å². The summed E-state index contributed by atoms with van der Waals surface area (Å²) >= 11 is 0. The van der Waals surface area contributed by atoms with Crippen LogP contribution >= 0.6 is 7.82 Å². The summed E-state index contributed by atoms with van der Waals surface area (Å²) in [5.74, 6) is 0.852. The Balaban J connectivity index is 0.00000260. The van der Waals surface area contributed by atoms with Crippen LogP contribution in [0.2, 0.25) is 0 Å². The summed E-state index contributed by atoms with van der Waals surface area (Å²) in [7, 11) is -3.43. The Kier molecular flexibility index (Phi) is 11.9. The molecule has 17 heteroatoms. The maximum atomic E-state index is 13.9. The van der Waals surface area contributed by atoms with Crippen molar-refractivity contribution < 1.29 is 78.0 Å². The number of fused-ring (bicyclic) bond motifs is 3. The largest absolute Gasteiger partial charge is 1.00 e. The zero-order valence-electron chi connectivity index (χ0n) is 27.3. The van der Waals surface area contributed by atoms with E-state index in [0.717, 1.165) is 32.0 Å². The standard InChI is InChI=1S/C31H31N8O6P.2Na/c1-31(2,18-32)21-5-7-22(8-6-21)39-28-23(29(40)38(30(39)41)19-45-46(42,43)44)17-33-25-10-9-24(35-27(25)28)20-4-11-26(34-16-20)37-14-12-36(3)13-15-37;;/h4-11,16-17H,12-15,19H2,1-3H3,(H2,42,43,44);;/q;2*+1/p-2. The van der Waals surface area contributed by atoms with Gasteiger partial charge in [-0.15, -0.1) is 0 Å². The van der Waals surface area contributed by atoms with Gasteiger partial charge in [-0.2, -0.15) is 5.26 Å². The van der Waals surface area contributed by atoms with E-state index in [0.29, 0.717) is 32.6 Å². The fourth-order valence-corrected chi connectivity index (χ4v) is 5.64. The first-order chi connectivity index (χ1) is 21.9. The van der Waals surface area contributed by atoms with Gasteiger partial charge in [0.15, 0.2) is 0 Å². The molecule has 6 rings (SSSR count). The van der Waals surface area contributed by atoms with E-state index in [9.17, 15) is 29.2 Å². The van der Waals surface area contributed by atoms with Crippen molar-refractivity contribution in [1.29, 1.82) is 5.26 Å². The summed E-state index contributed by atoms with van der Waals surface area (Å²) in [4.78, 5) is 68.3. The summed E-state index contributed by atoms with van der Waals surface area (Å²) in [6.07, 6.45) is 2.99. The zero-order valence-corrected chi connectivity index (χ0v) is 32.2. The van der Waals surface area contributed by atoms with Crippen molar-refractivity contribution in [3.8, 4) is 23.0 Å². The number of hydrogen-bond donors (Lipinski definition) is 0. The van der Waals surface area contributed by atoms with E-state index in [2.05, 4.69) is 37.4 Å². The third-order valence-electron chi connectivity index (χ3n) is 8.15. The van der Waals surface area contributed by atoms with Gasteiger partial charge in [-0.25, -0.2) is 19.3 Å². The van der Waals surface area contributed by atoms with Crippen LogP contribution in [0, 0.1) is 11.3 Å². The van der Waals surface area contributed by atoms with Crippen LogP contribution in [0.4, 0.5) is 5.82 Å². The van der Waals surface area contributed by atoms with Crippen molar-refractivity contribution >= 4 is 35.6 Å². The van der Waals surface area contributed by atoms with Crippen LogP contribution in [0.5, 0.6) is 0 Å². The predicted octanol–water partition coefficient (Wildman–Crippen LogP) is -4.48. The second-order valence-electron chi connectivity index (χ2n) is 11.6. The second kappa shape index (κ2) is 15.0. The number of nitrogens with zero attached hydrogens (tertiary/aromatic N) is 8. The number of benzene rings is 1. The van der Waals surface area contributed by atoms with E-state index in [4.69, 9.17) is 4.98 Å². The van der Waals surface area contributed by atoms with Crippen molar-refractivity contribution in [1.82, 2.24) is 29.0 Å². The van der Waals surface area contributed by atoms with Gasteiger partial charge < -0.3 is 28.7 Å². The summed E-state index contributed by atoms with van der Waals surface area (Å²) in [6, 6.07) is 16.1. The minimum Gasteiger partial charge on any atom is -0.790 e. The van der Waals surface area contributed by atoms with Gasteiger partial charge in [0.2, 0.25) is 0 Å². The molecule has 1 fully saturated rings. The van der Waals surface area contributed by atoms with Crippen molar-refractivity contribution in [2.75, 3.05) is 38.1 Å². The number of piperazine rings is 1. The van der Waals surface area contributed by atoms with Gasteiger partial charge in [-0.3, -0.25) is 14.3 Å². The van der Waals surface area contributed by atoms with E-state index in [1.807, 2.05) is 12.1 Å². The van der Waals surface area contributed by atoms with Crippen molar-refractivity contribution in [2.45, 2.75) is 26.0 Å². The fourth-order valence-electron chi connectivity index (χ4n) is 5.38. The van der Waals surface area contributed by atoms with Gasteiger partial charge in [0.05, 0.1) is 47.1 Å². The molecule has 5 aromatic rings. The van der Waals surface area contributed by atoms with Crippen LogP contribution in [0.1, 0.15) is 19.4 Å². The molecule has 0 atom stereocenters. The molecule has 14 nitrogen and oxygen atoms in total. The third kappa shape index (κ3) is 7.67. The average molecular weight is 687 g/mol. The summed E-state index contributed by atoms with van der Waals surface area (Å²) in [5.41, 5.74) is 0.279. The first-order valence-electron chi connectivity index (χ1n) is 14.4. The molecule has 0 aliphatic carbocycles. The second-order valence-corrected chi connectivity index (χ2v) is 12.8. The molecule has 0 N–H and O–H groups in total. The van der Waals surface area contributed by atoms with E-state index in [1.54, 1.807) is 56.4 Å². The molecular weight excluding hydrogens is 657 g/mol. The van der Waals surface area contributed by atoms with Gasteiger partial charge in [0.1, 0.15) is 18.1 Å². The summed E-state index contributed by atoms with van der Waals surface area (Å²) < 4.78 is 17.3. The molecule has 0 radical (unpaired) electrons. The van der Waals surface area contributed by atoms with Crippen LogP contribution < -0.4 is 85.1 Å². The Morgan fingerprint density at radius 1 is 0.958 bits per heavy atom. The van der Waals surface area contributed by atoms with Crippen LogP contribution in [-0.2, 0) is 21.2 Å². The van der Waals surface area contributed by atoms with E-state index in [1.165, 1.54) is 10.8 Å². The molecule has 0 saturated carbocycles. The van der Waals surface area contributed by atoms with Crippen molar-refractivity contribution in [3.05, 3.63) is 87.3 Å². The number of rotatable bonds is 7. The number of aromatic nitrogens is 5. The van der Waals surface area contributed by atoms with Gasteiger partial charge >= 0.3 is 64.8 Å². The van der Waals surface area contributed by atoms with E-state index < -0.39 is 31.2 Å². The molecule has 1 aliphatic rings. The van der Waals surface area contributed by atoms with Gasteiger partial charge in [0.25, 0.3) is 5.56 Å². The van der Waals surface area contributed by atoms with E-state index >= 15 is 0 Å². The maximum absolute atomic E-state index is 13.9. The van der Waals surface area contributed by atoms with Crippen LogP contribution in [-0.4, -0.2) is 62.2 Å². The monoisotopic (exact) mass is 686 g/mol. The molecule has 0 bridgehead atoms. The van der Waals surface area contributed by atoms with Crippen LogP contribution in [0.25, 0.3) is 38.9 Å². The van der Waals surface area contributed by atoms with Crippen molar-refractivity contribution in [2.24, 2.45) is 0 Å². The maximum Gasteiger partial charge on any atom is 1.00 e. The Morgan fingerprint density at radius 3 is 2.25 bits per heavy atom. The number of hydrogen-bond acceptors (Lipinski definition) is 12. The van der Waals surface area contributed by atoms with Crippen LogP contribution in [0.15, 0.2) is 70.5 Å². The summed E-state index contributed by atoms with van der Waals surface area (Å²) in [6.45, 7) is 6.00. The minimum absolute atomic E-state index is 0. The molecule has 5 heterocycles. The predicted molar refractivity (Wildman–Crippen MR) is 167 cm³/mol. The van der Waals surface area contributed by atoms with Gasteiger partial charge in [-0.1, -0.05) is 12.1 Å². The Hall–Kier alpha value is -2.77. The molecule has 1 aromatic carbocycles. The van der Waals surface area contributed by atoms with E-state index in [-0.39, 0.29) is 75.5 Å². The molecule has 0 amide bonds. The smallest absolute Gasteiger partial charge is 0.790 e.